The Morgan fingerprint density at radius 2 is 2.20 bits per heavy atom. The minimum absolute atomic E-state index is 0.188. The Balaban J connectivity index is 2.49. The SMILES string of the molecule is COC(=O)CCCc1csc(NS(=O)(=O)NC(C)C)n1. The van der Waals surface area contributed by atoms with Crippen molar-refractivity contribution in [3.8, 4) is 0 Å². The third kappa shape index (κ3) is 6.31. The van der Waals surface area contributed by atoms with Gasteiger partial charge in [-0.15, -0.1) is 11.3 Å². The van der Waals surface area contributed by atoms with Gasteiger partial charge in [0.25, 0.3) is 0 Å². The summed E-state index contributed by atoms with van der Waals surface area (Å²) in [6, 6.07) is -0.188. The van der Waals surface area contributed by atoms with Crippen molar-refractivity contribution in [1.82, 2.24) is 9.71 Å². The van der Waals surface area contributed by atoms with Crippen LogP contribution >= 0.6 is 11.3 Å². The molecule has 0 saturated carbocycles. The number of aromatic nitrogens is 1. The van der Waals surface area contributed by atoms with Crippen molar-refractivity contribution < 1.29 is 17.9 Å². The van der Waals surface area contributed by atoms with Crippen LogP contribution in [0.15, 0.2) is 5.38 Å². The topological polar surface area (TPSA) is 97.4 Å². The standard InChI is InChI=1S/C11H19N3O4S2/c1-8(2)13-20(16,17)14-11-12-9(7-19-11)5-4-6-10(15)18-3/h7-8,13H,4-6H2,1-3H3,(H,12,14). The summed E-state index contributed by atoms with van der Waals surface area (Å²) in [5.41, 5.74) is 0.751. The van der Waals surface area contributed by atoms with Gasteiger partial charge in [-0.25, -0.2) is 9.71 Å². The van der Waals surface area contributed by atoms with Gasteiger partial charge < -0.3 is 4.74 Å². The van der Waals surface area contributed by atoms with E-state index in [2.05, 4.69) is 19.2 Å². The van der Waals surface area contributed by atoms with Gasteiger partial charge in [-0.2, -0.15) is 13.1 Å². The van der Waals surface area contributed by atoms with Gasteiger partial charge in [0.15, 0.2) is 5.13 Å². The number of rotatable bonds is 8. The number of carbonyl (C=O) groups excluding carboxylic acids is 1. The molecule has 0 unspecified atom stereocenters. The molecule has 1 heterocycles. The first-order valence-electron chi connectivity index (χ1n) is 6.13. The zero-order valence-electron chi connectivity index (χ0n) is 11.7. The highest BCUT2D eigenvalue weighted by atomic mass is 32.2. The zero-order chi connectivity index (χ0) is 15.2. The number of ether oxygens (including phenoxy) is 1. The molecule has 0 radical (unpaired) electrons. The van der Waals surface area contributed by atoms with Crippen LogP contribution in [0.4, 0.5) is 5.13 Å². The van der Waals surface area contributed by atoms with Crippen LogP contribution in [0.2, 0.25) is 0 Å². The minimum atomic E-state index is -3.58. The van der Waals surface area contributed by atoms with E-state index in [1.807, 2.05) is 0 Å². The van der Waals surface area contributed by atoms with Crippen LogP contribution in [0.1, 0.15) is 32.4 Å². The van der Waals surface area contributed by atoms with E-state index in [1.54, 1.807) is 19.2 Å². The van der Waals surface area contributed by atoms with Crippen molar-refractivity contribution in [3.05, 3.63) is 11.1 Å². The van der Waals surface area contributed by atoms with E-state index in [0.29, 0.717) is 24.4 Å². The number of aryl methyl sites for hydroxylation is 1. The third-order valence-electron chi connectivity index (χ3n) is 2.21. The molecule has 0 aliphatic rings. The molecule has 20 heavy (non-hydrogen) atoms. The Bertz CT molecular complexity index is 540. The van der Waals surface area contributed by atoms with Crippen LogP contribution in [0.25, 0.3) is 0 Å². The molecule has 9 heteroatoms. The summed E-state index contributed by atoms with van der Waals surface area (Å²) in [5, 5.41) is 2.08. The van der Waals surface area contributed by atoms with Crippen molar-refractivity contribution in [2.75, 3.05) is 11.8 Å². The van der Waals surface area contributed by atoms with E-state index < -0.39 is 10.2 Å². The molecule has 0 saturated heterocycles. The molecule has 114 valence electrons. The van der Waals surface area contributed by atoms with E-state index in [-0.39, 0.29) is 12.0 Å². The fourth-order valence-electron chi connectivity index (χ4n) is 1.44. The number of hydrogen-bond donors (Lipinski definition) is 2. The van der Waals surface area contributed by atoms with E-state index in [9.17, 15) is 13.2 Å². The summed E-state index contributed by atoms with van der Waals surface area (Å²) < 4.78 is 32.6. The van der Waals surface area contributed by atoms with Crippen LogP contribution < -0.4 is 9.44 Å². The first kappa shape index (κ1) is 16.9. The maximum absolute atomic E-state index is 11.6. The maximum Gasteiger partial charge on any atom is 0.305 e. The summed E-state index contributed by atoms with van der Waals surface area (Å²) in [6.45, 7) is 3.47. The number of nitrogens with zero attached hydrogens (tertiary/aromatic N) is 1. The number of thiazole rings is 1. The quantitative estimate of drug-likeness (QED) is 0.703. The number of methoxy groups -OCH3 is 1. The Hall–Kier alpha value is -1.19. The van der Waals surface area contributed by atoms with E-state index in [1.165, 1.54) is 18.4 Å². The van der Waals surface area contributed by atoms with E-state index in [4.69, 9.17) is 0 Å². The summed E-state index contributed by atoms with van der Waals surface area (Å²) in [7, 11) is -2.24. The molecule has 2 N–H and O–H groups in total. The molecule has 0 amide bonds. The lowest BCUT2D eigenvalue weighted by molar-refractivity contribution is -0.140. The molecule has 1 aromatic rings. The fraction of sp³-hybridized carbons (Fsp3) is 0.636. The lowest BCUT2D eigenvalue weighted by Gasteiger charge is -2.09. The number of hydrogen-bond acceptors (Lipinski definition) is 6. The fourth-order valence-corrected chi connectivity index (χ4v) is 3.50. The number of nitrogens with one attached hydrogen (secondary N) is 2. The molecule has 0 aromatic carbocycles. The number of esters is 1. The molecule has 0 atom stereocenters. The molecular formula is C11H19N3O4S2. The summed E-state index contributed by atoms with van der Waals surface area (Å²) in [4.78, 5) is 15.1. The van der Waals surface area contributed by atoms with E-state index in [0.717, 1.165) is 5.69 Å². The number of anilines is 1. The van der Waals surface area contributed by atoms with Gasteiger partial charge >= 0.3 is 16.2 Å². The summed E-state index contributed by atoms with van der Waals surface area (Å²) >= 11 is 1.21. The molecule has 0 aliphatic carbocycles. The lowest BCUT2D eigenvalue weighted by Crippen LogP contribution is -2.35. The molecule has 1 aromatic heterocycles. The molecule has 0 spiro atoms. The van der Waals surface area contributed by atoms with Gasteiger partial charge in [0.2, 0.25) is 0 Å². The van der Waals surface area contributed by atoms with Crippen LogP contribution in [-0.2, 0) is 26.2 Å². The van der Waals surface area contributed by atoms with Crippen molar-refractivity contribution in [2.24, 2.45) is 0 Å². The second-order valence-corrected chi connectivity index (χ2v) is 6.76. The highest BCUT2D eigenvalue weighted by Crippen LogP contribution is 2.18. The van der Waals surface area contributed by atoms with Gasteiger partial charge in [-0.3, -0.25) is 4.79 Å². The van der Waals surface area contributed by atoms with Crippen molar-refractivity contribution in [2.45, 2.75) is 39.2 Å². The highest BCUT2D eigenvalue weighted by Gasteiger charge is 2.13. The van der Waals surface area contributed by atoms with Crippen LogP contribution in [0.5, 0.6) is 0 Å². The Labute approximate surface area is 122 Å². The van der Waals surface area contributed by atoms with Crippen molar-refractivity contribution >= 4 is 32.6 Å². The molecule has 7 nitrogen and oxygen atoms in total. The molecular weight excluding hydrogens is 302 g/mol. The predicted molar refractivity (Wildman–Crippen MR) is 77.9 cm³/mol. The second-order valence-electron chi connectivity index (χ2n) is 4.45. The number of carbonyl (C=O) groups is 1. The van der Waals surface area contributed by atoms with Crippen LogP contribution in [-0.4, -0.2) is 32.5 Å². The van der Waals surface area contributed by atoms with Crippen molar-refractivity contribution in [1.29, 1.82) is 0 Å². The maximum atomic E-state index is 11.6. The minimum Gasteiger partial charge on any atom is -0.469 e. The van der Waals surface area contributed by atoms with Crippen molar-refractivity contribution in [3.63, 3.8) is 0 Å². The van der Waals surface area contributed by atoms with Gasteiger partial charge in [0.1, 0.15) is 0 Å². The normalized spacial score (nSPS) is 11.6. The Morgan fingerprint density at radius 3 is 2.80 bits per heavy atom. The molecule has 1 rings (SSSR count). The third-order valence-corrected chi connectivity index (χ3v) is 4.39. The zero-order valence-corrected chi connectivity index (χ0v) is 13.3. The van der Waals surface area contributed by atoms with Gasteiger partial charge in [0, 0.05) is 17.8 Å². The molecule has 0 fully saturated rings. The summed E-state index contributed by atoms with van der Waals surface area (Å²) in [6.07, 6.45) is 1.54. The van der Waals surface area contributed by atoms with E-state index >= 15 is 0 Å². The van der Waals surface area contributed by atoms with Crippen LogP contribution in [0, 0.1) is 0 Å². The second kappa shape index (κ2) is 7.55. The average molecular weight is 321 g/mol. The predicted octanol–water partition coefficient (Wildman–Crippen LogP) is 1.29. The molecule has 0 aliphatic heterocycles. The Kier molecular flexibility index (Phi) is 6.37. The van der Waals surface area contributed by atoms with Gasteiger partial charge in [-0.05, 0) is 26.7 Å². The van der Waals surface area contributed by atoms with Crippen LogP contribution in [0.3, 0.4) is 0 Å². The van der Waals surface area contributed by atoms with Gasteiger partial charge in [0.05, 0.1) is 12.8 Å². The largest absolute Gasteiger partial charge is 0.469 e. The average Bonchev–Trinajstić information content (AvgIpc) is 2.73. The summed E-state index contributed by atoms with van der Waals surface area (Å²) in [5.74, 6) is -0.262. The molecule has 0 bridgehead atoms. The van der Waals surface area contributed by atoms with Gasteiger partial charge in [-0.1, -0.05) is 0 Å². The highest BCUT2D eigenvalue weighted by molar-refractivity contribution is 7.91. The first-order valence-corrected chi connectivity index (χ1v) is 8.50. The monoisotopic (exact) mass is 321 g/mol. The Morgan fingerprint density at radius 1 is 1.50 bits per heavy atom. The smallest absolute Gasteiger partial charge is 0.305 e. The first-order chi connectivity index (χ1) is 9.32. The lowest BCUT2D eigenvalue weighted by atomic mass is 10.2.